The van der Waals surface area contributed by atoms with Crippen LogP contribution in [-0.4, -0.2) is 30.6 Å². The van der Waals surface area contributed by atoms with E-state index in [9.17, 15) is 4.39 Å². The maximum atomic E-state index is 13.3. The Morgan fingerprint density at radius 1 is 1.38 bits per heavy atom. The van der Waals surface area contributed by atoms with Gasteiger partial charge in [0.25, 0.3) is 0 Å². The molecular weight excluding hydrogens is 382 g/mol. The van der Waals surface area contributed by atoms with Gasteiger partial charge in [-0.15, -0.1) is 24.0 Å². The van der Waals surface area contributed by atoms with Crippen molar-refractivity contribution in [2.45, 2.75) is 26.3 Å². The van der Waals surface area contributed by atoms with Crippen molar-refractivity contribution in [3.05, 3.63) is 35.8 Å². The number of aromatic nitrogens is 1. The van der Waals surface area contributed by atoms with Gasteiger partial charge in [-0.1, -0.05) is 0 Å². The van der Waals surface area contributed by atoms with Crippen LogP contribution in [0.5, 0.6) is 0 Å². The van der Waals surface area contributed by atoms with Gasteiger partial charge in [-0.25, -0.2) is 4.39 Å². The second kappa shape index (κ2) is 8.21. The summed E-state index contributed by atoms with van der Waals surface area (Å²) in [5, 5.41) is 7.42. The molecule has 2 aromatic rings. The number of hydrogen-bond acceptors (Lipinski definition) is 1. The first-order valence-corrected chi connectivity index (χ1v) is 6.83. The Labute approximate surface area is 141 Å². The molecule has 0 amide bonds. The first-order valence-electron chi connectivity index (χ1n) is 6.83. The van der Waals surface area contributed by atoms with Crippen molar-refractivity contribution in [3.8, 4) is 0 Å². The number of H-pyrrole nitrogens is 1. The summed E-state index contributed by atoms with van der Waals surface area (Å²) in [6, 6.07) is 5.14. The van der Waals surface area contributed by atoms with Crippen LogP contribution in [-0.2, 0) is 6.42 Å². The van der Waals surface area contributed by atoms with Crippen molar-refractivity contribution < 1.29 is 4.39 Å². The molecular formula is C15H22FIN4. The van der Waals surface area contributed by atoms with Gasteiger partial charge in [0.2, 0.25) is 0 Å². The lowest BCUT2D eigenvalue weighted by Crippen LogP contribution is -2.41. The van der Waals surface area contributed by atoms with Crippen LogP contribution in [0.15, 0.2) is 29.4 Å². The van der Waals surface area contributed by atoms with Gasteiger partial charge in [0.15, 0.2) is 5.96 Å². The van der Waals surface area contributed by atoms with Crippen LogP contribution in [0.25, 0.3) is 10.9 Å². The Balaban J connectivity index is 0.00000220. The van der Waals surface area contributed by atoms with Crippen LogP contribution in [0.2, 0.25) is 0 Å². The third-order valence-electron chi connectivity index (χ3n) is 3.07. The van der Waals surface area contributed by atoms with E-state index in [4.69, 9.17) is 0 Å². The molecule has 6 heteroatoms. The van der Waals surface area contributed by atoms with E-state index in [0.717, 1.165) is 35.4 Å². The van der Waals surface area contributed by atoms with Crippen molar-refractivity contribution in [1.29, 1.82) is 0 Å². The van der Waals surface area contributed by atoms with Crippen molar-refractivity contribution in [2.75, 3.05) is 13.6 Å². The second-order valence-corrected chi connectivity index (χ2v) is 5.05. The Bertz CT molecular complexity index is 607. The van der Waals surface area contributed by atoms with Crippen molar-refractivity contribution >= 4 is 40.8 Å². The molecule has 0 saturated carbocycles. The summed E-state index contributed by atoms with van der Waals surface area (Å²) in [4.78, 5) is 7.31. The largest absolute Gasteiger partial charge is 0.361 e. The molecule has 0 unspecified atom stereocenters. The predicted molar refractivity (Wildman–Crippen MR) is 97.0 cm³/mol. The number of hydrogen-bond donors (Lipinski definition) is 3. The molecule has 21 heavy (non-hydrogen) atoms. The average Bonchev–Trinajstić information content (AvgIpc) is 2.79. The van der Waals surface area contributed by atoms with Crippen LogP contribution < -0.4 is 10.6 Å². The first kappa shape index (κ1) is 17.7. The molecule has 0 atom stereocenters. The normalized spacial score (nSPS) is 11.6. The lowest BCUT2D eigenvalue weighted by molar-refractivity contribution is 0.629. The molecule has 116 valence electrons. The maximum absolute atomic E-state index is 13.3. The molecule has 2 rings (SSSR count). The van der Waals surface area contributed by atoms with Gasteiger partial charge in [-0.3, -0.25) is 4.99 Å². The summed E-state index contributed by atoms with van der Waals surface area (Å²) in [7, 11) is 1.75. The number of rotatable bonds is 4. The molecule has 0 spiro atoms. The van der Waals surface area contributed by atoms with E-state index in [1.165, 1.54) is 6.07 Å². The average molecular weight is 404 g/mol. The highest BCUT2D eigenvalue weighted by Crippen LogP contribution is 2.19. The standard InChI is InChI=1S/C15H21FN4.HI/c1-10(2)20-15(17-3)18-7-6-11-9-19-14-5-4-12(16)8-13(11)14;/h4-5,8-10,19H,6-7H2,1-3H3,(H2,17,18,20);1H. The smallest absolute Gasteiger partial charge is 0.191 e. The zero-order chi connectivity index (χ0) is 14.5. The van der Waals surface area contributed by atoms with E-state index in [-0.39, 0.29) is 29.8 Å². The fraction of sp³-hybridized carbons (Fsp3) is 0.400. The third-order valence-corrected chi connectivity index (χ3v) is 3.07. The molecule has 0 aliphatic heterocycles. The minimum absolute atomic E-state index is 0. The van der Waals surface area contributed by atoms with E-state index in [2.05, 4.69) is 34.5 Å². The van der Waals surface area contributed by atoms with Gasteiger partial charge in [0.05, 0.1) is 0 Å². The number of aromatic amines is 1. The monoisotopic (exact) mass is 404 g/mol. The van der Waals surface area contributed by atoms with Gasteiger partial charge in [0, 0.05) is 36.7 Å². The number of fused-ring (bicyclic) bond motifs is 1. The van der Waals surface area contributed by atoms with E-state index in [0.29, 0.717) is 6.04 Å². The van der Waals surface area contributed by atoms with E-state index >= 15 is 0 Å². The minimum Gasteiger partial charge on any atom is -0.361 e. The third kappa shape index (κ3) is 4.87. The molecule has 1 heterocycles. The molecule has 0 bridgehead atoms. The van der Waals surface area contributed by atoms with Crippen LogP contribution >= 0.6 is 24.0 Å². The van der Waals surface area contributed by atoms with Gasteiger partial charge < -0.3 is 15.6 Å². The highest BCUT2D eigenvalue weighted by Gasteiger charge is 2.05. The fourth-order valence-corrected chi connectivity index (χ4v) is 2.14. The molecule has 0 fully saturated rings. The molecule has 0 aliphatic carbocycles. The van der Waals surface area contributed by atoms with Gasteiger partial charge in [-0.05, 0) is 44.0 Å². The zero-order valence-electron chi connectivity index (χ0n) is 12.5. The van der Waals surface area contributed by atoms with Crippen molar-refractivity contribution in [1.82, 2.24) is 15.6 Å². The van der Waals surface area contributed by atoms with E-state index in [1.807, 2.05) is 6.20 Å². The summed E-state index contributed by atoms with van der Waals surface area (Å²) in [6.45, 7) is 4.88. The summed E-state index contributed by atoms with van der Waals surface area (Å²) in [6.07, 6.45) is 2.74. The van der Waals surface area contributed by atoms with Crippen molar-refractivity contribution in [3.63, 3.8) is 0 Å². The Morgan fingerprint density at radius 2 is 2.14 bits per heavy atom. The molecule has 1 aromatic heterocycles. The van der Waals surface area contributed by atoms with Crippen LogP contribution in [0.3, 0.4) is 0 Å². The predicted octanol–water partition coefficient (Wildman–Crippen LogP) is 3.04. The topological polar surface area (TPSA) is 52.2 Å². The highest BCUT2D eigenvalue weighted by molar-refractivity contribution is 14.0. The summed E-state index contributed by atoms with van der Waals surface area (Å²) < 4.78 is 13.3. The van der Waals surface area contributed by atoms with Crippen LogP contribution in [0.1, 0.15) is 19.4 Å². The lowest BCUT2D eigenvalue weighted by atomic mass is 10.1. The summed E-state index contributed by atoms with van der Waals surface area (Å²) in [5.41, 5.74) is 2.07. The minimum atomic E-state index is -0.205. The SMILES string of the molecule is CN=C(NCCc1c[nH]c2ccc(F)cc12)NC(C)C.I. The van der Waals surface area contributed by atoms with E-state index < -0.39 is 0 Å². The first-order chi connectivity index (χ1) is 9.60. The summed E-state index contributed by atoms with van der Waals surface area (Å²) >= 11 is 0. The van der Waals surface area contributed by atoms with Crippen LogP contribution in [0, 0.1) is 5.82 Å². The highest BCUT2D eigenvalue weighted by atomic mass is 127. The Hall–Kier alpha value is -1.31. The number of guanidine groups is 1. The molecule has 1 aromatic carbocycles. The maximum Gasteiger partial charge on any atom is 0.191 e. The Morgan fingerprint density at radius 3 is 2.81 bits per heavy atom. The molecule has 4 nitrogen and oxygen atoms in total. The van der Waals surface area contributed by atoms with Gasteiger partial charge >= 0.3 is 0 Å². The molecule has 0 radical (unpaired) electrons. The lowest BCUT2D eigenvalue weighted by Gasteiger charge is -2.14. The summed E-state index contributed by atoms with van der Waals surface area (Å²) in [5.74, 6) is 0.578. The quantitative estimate of drug-likeness (QED) is 0.417. The number of halogens is 2. The van der Waals surface area contributed by atoms with Crippen molar-refractivity contribution in [2.24, 2.45) is 4.99 Å². The zero-order valence-corrected chi connectivity index (χ0v) is 14.9. The number of benzene rings is 1. The molecule has 3 N–H and O–H groups in total. The second-order valence-electron chi connectivity index (χ2n) is 5.05. The van der Waals surface area contributed by atoms with E-state index in [1.54, 1.807) is 19.2 Å². The number of nitrogens with zero attached hydrogens (tertiary/aromatic N) is 1. The number of nitrogens with one attached hydrogen (secondary N) is 3. The van der Waals surface area contributed by atoms with Gasteiger partial charge in [-0.2, -0.15) is 0 Å². The molecule has 0 saturated heterocycles. The number of aliphatic imine (C=N–C) groups is 1. The fourth-order valence-electron chi connectivity index (χ4n) is 2.14. The Kier molecular flexibility index (Phi) is 6.94. The van der Waals surface area contributed by atoms with Crippen LogP contribution in [0.4, 0.5) is 4.39 Å². The van der Waals surface area contributed by atoms with Gasteiger partial charge in [0.1, 0.15) is 5.82 Å². The molecule has 0 aliphatic rings.